The summed E-state index contributed by atoms with van der Waals surface area (Å²) in [6.07, 6.45) is -1.09. The third kappa shape index (κ3) is 7.71. The Morgan fingerprint density at radius 3 is 2.24 bits per heavy atom. The number of imide groups is 1. The van der Waals surface area contributed by atoms with Crippen LogP contribution in [0.15, 0.2) is 29.2 Å². The fraction of sp³-hybridized carbons (Fsp3) is 0.375. The molecule has 4 N–H and O–H groups in total. The molecular weight excluding hydrogens is 346 g/mol. The van der Waals surface area contributed by atoms with Crippen LogP contribution < -0.4 is 16.4 Å². The molecule has 9 heteroatoms. The lowest BCUT2D eigenvalue weighted by Gasteiger charge is -2.19. The third-order valence-corrected chi connectivity index (χ3v) is 3.89. The van der Waals surface area contributed by atoms with Crippen molar-refractivity contribution in [3.05, 3.63) is 24.3 Å². The zero-order valence-corrected chi connectivity index (χ0v) is 15.0. The van der Waals surface area contributed by atoms with Gasteiger partial charge in [-0.15, -0.1) is 11.8 Å². The number of carbonyl (C=O) groups is 4. The Morgan fingerprint density at radius 1 is 1.16 bits per heavy atom. The van der Waals surface area contributed by atoms with Crippen LogP contribution in [0.3, 0.4) is 0 Å². The molecule has 1 aromatic rings. The number of thioether (sulfide) groups is 1. The monoisotopic (exact) mass is 367 g/mol. The highest BCUT2D eigenvalue weighted by molar-refractivity contribution is 8.00. The van der Waals surface area contributed by atoms with Gasteiger partial charge in [0.1, 0.15) is 0 Å². The van der Waals surface area contributed by atoms with E-state index >= 15 is 0 Å². The number of primary amides is 1. The fourth-order valence-electron chi connectivity index (χ4n) is 1.84. The zero-order chi connectivity index (χ0) is 19.0. The average Bonchev–Trinajstić information content (AvgIpc) is 2.50. The van der Waals surface area contributed by atoms with Gasteiger partial charge >= 0.3 is 12.0 Å². The van der Waals surface area contributed by atoms with Crippen LogP contribution in [0.1, 0.15) is 20.8 Å². The average molecular weight is 367 g/mol. The van der Waals surface area contributed by atoms with Crippen molar-refractivity contribution in [1.29, 1.82) is 0 Å². The zero-order valence-electron chi connectivity index (χ0n) is 14.2. The van der Waals surface area contributed by atoms with E-state index in [1.165, 1.54) is 18.7 Å². The minimum absolute atomic E-state index is 0.00739. The van der Waals surface area contributed by atoms with Crippen molar-refractivity contribution in [2.24, 2.45) is 11.7 Å². The van der Waals surface area contributed by atoms with Gasteiger partial charge in [0.05, 0.1) is 5.75 Å². The van der Waals surface area contributed by atoms with E-state index in [1.54, 1.807) is 38.1 Å². The number of rotatable bonds is 7. The largest absolute Gasteiger partial charge is 0.451 e. The van der Waals surface area contributed by atoms with Gasteiger partial charge in [0, 0.05) is 17.5 Å². The van der Waals surface area contributed by atoms with Gasteiger partial charge in [-0.3, -0.25) is 19.7 Å². The lowest BCUT2D eigenvalue weighted by molar-refractivity contribution is -0.155. The Labute approximate surface area is 149 Å². The van der Waals surface area contributed by atoms with Gasteiger partial charge in [-0.25, -0.2) is 4.79 Å². The number of nitrogens with two attached hydrogens (primary N) is 1. The van der Waals surface area contributed by atoms with E-state index in [0.29, 0.717) is 5.69 Å². The molecular formula is C16H21N3O5S. The van der Waals surface area contributed by atoms with Crippen LogP contribution >= 0.6 is 11.8 Å². The Balaban J connectivity index is 2.55. The first kappa shape index (κ1) is 20.5. The van der Waals surface area contributed by atoms with Crippen molar-refractivity contribution in [2.75, 3.05) is 11.1 Å². The second-order valence-electron chi connectivity index (χ2n) is 5.50. The fourth-order valence-corrected chi connectivity index (χ4v) is 2.52. The Hall–Kier alpha value is -2.55. The molecule has 136 valence electrons. The number of nitrogens with one attached hydrogen (secondary N) is 2. The summed E-state index contributed by atoms with van der Waals surface area (Å²) in [5.41, 5.74) is 5.55. The molecule has 0 bridgehead atoms. The quantitative estimate of drug-likeness (QED) is 0.495. The van der Waals surface area contributed by atoms with Gasteiger partial charge in [0.15, 0.2) is 6.10 Å². The molecule has 0 aliphatic rings. The highest BCUT2D eigenvalue weighted by atomic mass is 32.2. The summed E-state index contributed by atoms with van der Waals surface area (Å²) in [5, 5.41) is 4.55. The van der Waals surface area contributed by atoms with E-state index in [1.807, 2.05) is 5.32 Å². The van der Waals surface area contributed by atoms with Gasteiger partial charge in [-0.1, -0.05) is 13.8 Å². The lowest BCUT2D eigenvalue weighted by atomic mass is 10.1. The normalized spacial score (nSPS) is 11.5. The van der Waals surface area contributed by atoms with E-state index < -0.39 is 24.0 Å². The second kappa shape index (κ2) is 9.67. The van der Waals surface area contributed by atoms with Crippen molar-refractivity contribution >= 4 is 41.3 Å². The van der Waals surface area contributed by atoms with Gasteiger partial charge in [0.2, 0.25) is 5.91 Å². The topological polar surface area (TPSA) is 128 Å². The minimum atomic E-state index is -1.09. The predicted octanol–water partition coefficient (Wildman–Crippen LogP) is 1.50. The number of benzene rings is 1. The first-order valence-electron chi connectivity index (χ1n) is 7.49. The molecule has 0 radical (unpaired) electrons. The van der Waals surface area contributed by atoms with Crippen LogP contribution in [-0.4, -0.2) is 35.7 Å². The number of anilines is 1. The molecule has 0 saturated heterocycles. The molecule has 0 heterocycles. The summed E-state index contributed by atoms with van der Waals surface area (Å²) in [5.74, 6) is -1.83. The van der Waals surface area contributed by atoms with E-state index in [-0.39, 0.29) is 17.6 Å². The number of urea groups is 1. The van der Waals surface area contributed by atoms with Crippen molar-refractivity contribution in [2.45, 2.75) is 31.8 Å². The van der Waals surface area contributed by atoms with Crippen LogP contribution in [0.2, 0.25) is 0 Å². The van der Waals surface area contributed by atoms with Crippen molar-refractivity contribution in [3.8, 4) is 0 Å². The first-order chi connectivity index (χ1) is 11.7. The van der Waals surface area contributed by atoms with Crippen LogP contribution in [0.25, 0.3) is 0 Å². The van der Waals surface area contributed by atoms with E-state index in [4.69, 9.17) is 10.5 Å². The van der Waals surface area contributed by atoms with Crippen molar-refractivity contribution in [3.63, 3.8) is 0 Å². The molecule has 8 nitrogen and oxygen atoms in total. The summed E-state index contributed by atoms with van der Waals surface area (Å²) in [4.78, 5) is 46.2. The van der Waals surface area contributed by atoms with Crippen LogP contribution in [0.5, 0.6) is 0 Å². The molecule has 25 heavy (non-hydrogen) atoms. The SMILES string of the molecule is CC(=O)Nc1ccc(SCC(=O)OC(C(=O)NC(N)=O)C(C)C)cc1. The highest BCUT2D eigenvalue weighted by Crippen LogP contribution is 2.21. The van der Waals surface area contributed by atoms with E-state index in [2.05, 4.69) is 5.32 Å². The summed E-state index contributed by atoms with van der Waals surface area (Å²) < 4.78 is 5.14. The standard InChI is InChI=1S/C16H21N3O5S/c1-9(2)14(15(22)19-16(17)23)24-13(21)8-25-12-6-4-11(5-7-12)18-10(3)20/h4-7,9,14H,8H2,1-3H3,(H,18,20)(H3,17,19,22,23). The predicted molar refractivity (Wildman–Crippen MR) is 93.9 cm³/mol. The summed E-state index contributed by atoms with van der Waals surface area (Å²) >= 11 is 1.22. The smallest absolute Gasteiger partial charge is 0.318 e. The highest BCUT2D eigenvalue weighted by Gasteiger charge is 2.27. The molecule has 0 saturated carbocycles. The maximum atomic E-state index is 11.9. The molecule has 1 unspecified atom stereocenters. The molecule has 0 aliphatic carbocycles. The first-order valence-corrected chi connectivity index (χ1v) is 8.48. The number of amides is 4. The third-order valence-electron chi connectivity index (χ3n) is 2.90. The molecule has 0 aliphatic heterocycles. The maximum Gasteiger partial charge on any atom is 0.318 e. The number of ether oxygens (including phenoxy) is 1. The van der Waals surface area contributed by atoms with Gasteiger partial charge in [0.25, 0.3) is 5.91 Å². The Kier molecular flexibility index (Phi) is 7.93. The van der Waals surface area contributed by atoms with Gasteiger partial charge in [-0.05, 0) is 30.2 Å². The Morgan fingerprint density at radius 2 is 1.76 bits per heavy atom. The number of hydrogen-bond donors (Lipinski definition) is 3. The van der Waals surface area contributed by atoms with Crippen LogP contribution in [0.4, 0.5) is 10.5 Å². The molecule has 0 aromatic heterocycles. The van der Waals surface area contributed by atoms with Crippen molar-refractivity contribution in [1.82, 2.24) is 5.32 Å². The molecule has 1 aromatic carbocycles. The second-order valence-corrected chi connectivity index (χ2v) is 6.55. The van der Waals surface area contributed by atoms with Crippen LogP contribution in [-0.2, 0) is 19.1 Å². The minimum Gasteiger partial charge on any atom is -0.451 e. The number of hydrogen-bond acceptors (Lipinski definition) is 6. The summed E-state index contributed by atoms with van der Waals surface area (Å²) in [7, 11) is 0. The molecule has 4 amide bonds. The van der Waals surface area contributed by atoms with Gasteiger partial charge in [-0.2, -0.15) is 0 Å². The maximum absolute atomic E-state index is 11.9. The summed E-state index contributed by atoms with van der Waals surface area (Å²) in [6.45, 7) is 4.79. The number of carbonyl (C=O) groups excluding carboxylic acids is 4. The molecule has 0 spiro atoms. The van der Waals surface area contributed by atoms with E-state index in [0.717, 1.165) is 4.90 Å². The molecule has 1 rings (SSSR count). The molecule has 0 fully saturated rings. The van der Waals surface area contributed by atoms with E-state index in [9.17, 15) is 19.2 Å². The lowest BCUT2D eigenvalue weighted by Crippen LogP contribution is -2.45. The Bertz CT molecular complexity index is 646. The van der Waals surface area contributed by atoms with Gasteiger partial charge < -0.3 is 15.8 Å². The molecule has 1 atom stereocenters. The summed E-state index contributed by atoms with van der Waals surface area (Å²) in [6, 6.07) is 5.94. The van der Waals surface area contributed by atoms with Crippen LogP contribution in [0, 0.1) is 5.92 Å². The number of esters is 1. The van der Waals surface area contributed by atoms with Crippen molar-refractivity contribution < 1.29 is 23.9 Å².